The lowest BCUT2D eigenvalue weighted by atomic mass is 10.0. The molecular weight excluding hydrogens is 298 g/mol. The highest BCUT2D eigenvalue weighted by Crippen LogP contribution is 2.25. The average Bonchev–Trinajstić information content (AvgIpc) is 2.87. The molecule has 0 amide bonds. The molecule has 0 aromatic rings. The molecule has 2 rings (SSSR count). The van der Waals surface area contributed by atoms with Crippen molar-refractivity contribution in [3.63, 3.8) is 0 Å². The molecule has 4 atom stereocenters. The Bertz CT molecular complexity index is 339. The molecule has 136 valence electrons. The summed E-state index contributed by atoms with van der Waals surface area (Å²) in [5, 5.41) is 23.5. The fraction of sp³-hybridized carbons (Fsp3) is 1.00. The smallest absolute Gasteiger partial charge is 0.109 e. The zero-order valence-corrected chi connectivity index (χ0v) is 14.6. The Kier molecular flexibility index (Phi) is 7.68. The van der Waals surface area contributed by atoms with Gasteiger partial charge in [-0.25, -0.2) is 0 Å². The van der Waals surface area contributed by atoms with E-state index in [1.54, 1.807) is 0 Å². The van der Waals surface area contributed by atoms with Crippen molar-refractivity contribution < 1.29 is 19.7 Å². The molecule has 0 aliphatic carbocycles. The lowest BCUT2D eigenvalue weighted by Gasteiger charge is -2.32. The highest BCUT2D eigenvalue weighted by atomic mass is 16.5. The fourth-order valence-corrected chi connectivity index (χ4v) is 3.38. The minimum absolute atomic E-state index is 0.0977. The van der Waals surface area contributed by atoms with E-state index in [1.807, 2.05) is 21.1 Å². The van der Waals surface area contributed by atoms with E-state index in [1.165, 1.54) is 0 Å². The van der Waals surface area contributed by atoms with Crippen LogP contribution in [-0.2, 0) is 9.47 Å². The Morgan fingerprint density at radius 2 is 1.78 bits per heavy atom. The first-order valence-electron chi connectivity index (χ1n) is 8.63. The van der Waals surface area contributed by atoms with Gasteiger partial charge in [0.05, 0.1) is 18.8 Å². The zero-order chi connectivity index (χ0) is 16.8. The van der Waals surface area contributed by atoms with E-state index >= 15 is 0 Å². The second-order valence-electron chi connectivity index (χ2n) is 6.96. The number of aliphatic hydroxyl groups excluding tert-OH is 2. The zero-order valence-electron chi connectivity index (χ0n) is 14.6. The molecule has 2 heterocycles. The first-order valence-corrected chi connectivity index (χ1v) is 8.63. The molecule has 2 saturated heterocycles. The van der Waals surface area contributed by atoms with Crippen LogP contribution in [0.2, 0.25) is 0 Å². The largest absolute Gasteiger partial charge is 0.394 e. The maximum Gasteiger partial charge on any atom is 0.109 e. The number of likely N-dealkylation sites (N-methyl/N-ethyl adjacent to an activating group) is 2. The van der Waals surface area contributed by atoms with Gasteiger partial charge in [-0.1, -0.05) is 0 Å². The van der Waals surface area contributed by atoms with E-state index in [9.17, 15) is 10.2 Å². The van der Waals surface area contributed by atoms with Crippen LogP contribution in [0.25, 0.3) is 0 Å². The monoisotopic (exact) mass is 331 g/mol. The van der Waals surface area contributed by atoms with Crippen molar-refractivity contribution in [2.75, 3.05) is 60.6 Å². The number of rotatable bonds is 8. The number of hydrogen-bond acceptors (Lipinski definition) is 7. The van der Waals surface area contributed by atoms with Crippen LogP contribution in [0, 0.1) is 0 Å². The minimum Gasteiger partial charge on any atom is -0.394 e. The van der Waals surface area contributed by atoms with Gasteiger partial charge in [-0.05, 0) is 34.0 Å². The lowest BCUT2D eigenvalue weighted by molar-refractivity contribution is -0.0229. The number of hydrogen-bond donors (Lipinski definition) is 3. The Morgan fingerprint density at radius 1 is 1.09 bits per heavy atom. The van der Waals surface area contributed by atoms with Gasteiger partial charge in [-0.15, -0.1) is 0 Å². The maximum atomic E-state index is 10.5. The maximum absolute atomic E-state index is 10.5. The molecule has 0 bridgehead atoms. The summed E-state index contributed by atoms with van der Waals surface area (Å²) < 4.78 is 11.3. The van der Waals surface area contributed by atoms with Gasteiger partial charge in [0, 0.05) is 38.9 Å². The fourth-order valence-electron chi connectivity index (χ4n) is 3.38. The normalized spacial score (nSPS) is 33.0. The van der Waals surface area contributed by atoms with Crippen molar-refractivity contribution in [2.45, 2.75) is 43.2 Å². The van der Waals surface area contributed by atoms with Crippen molar-refractivity contribution >= 4 is 0 Å². The predicted molar refractivity (Wildman–Crippen MR) is 88.6 cm³/mol. The van der Waals surface area contributed by atoms with E-state index in [2.05, 4.69) is 15.1 Å². The Hall–Kier alpha value is -0.280. The third kappa shape index (κ3) is 5.35. The van der Waals surface area contributed by atoms with Crippen molar-refractivity contribution in [3.05, 3.63) is 0 Å². The summed E-state index contributed by atoms with van der Waals surface area (Å²) in [5.41, 5.74) is 0. The minimum atomic E-state index is -0.659. The Morgan fingerprint density at radius 3 is 2.39 bits per heavy atom. The van der Waals surface area contributed by atoms with Crippen LogP contribution in [0.3, 0.4) is 0 Å². The molecule has 7 heteroatoms. The van der Waals surface area contributed by atoms with Gasteiger partial charge in [0.15, 0.2) is 0 Å². The number of aliphatic hydroxyl groups is 2. The summed E-state index contributed by atoms with van der Waals surface area (Å²) in [4.78, 5) is 4.27. The molecule has 0 saturated carbocycles. The molecule has 0 radical (unpaired) electrons. The number of nitrogens with zero attached hydrogens (tertiary/aromatic N) is 2. The standard InChI is InChI=1S/C16H33N3O4/c1-18(2)6-7-19(3)15-13(23-14(11-20)16(15)21)10-17-12-4-8-22-9-5-12/h12-17,20-21H,4-11H2,1-3H3. The van der Waals surface area contributed by atoms with Crippen LogP contribution < -0.4 is 5.32 Å². The quantitative estimate of drug-likeness (QED) is 0.512. The summed E-state index contributed by atoms with van der Waals surface area (Å²) in [6, 6.07) is 0.352. The molecule has 7 nitrogen and oxygen atoms in total. The molecular formula is C16H33N3O4. The Labute approximate surface area is 139 Å². The Balaban J connectivity index is 1.90. The van der Waals surface area contributed by atoms with Crippen molar-refractivity contribution in [1.82, 2.24) is 15.1 Å². The summed E-state index contributed by atoms with van der Waals surface area (Å²) in [6.45, 7) is 3.92. The molecule has 2 aliphatic rings. The number of nitrogens with one attached hydrogen (secondary N) is 1. The summed E-state index contributed by atoms with van der Waals surface area (Å²) >= 11 is 0. The third-order valence-corrected chi connectivity index (χ3v) is 4.88. The SMILES string of the molecule is CN(C)CCN(C)C1C(CNC2CCOCC2)OC(CO)C1O. The predicted octanol–water partition coefficient (Wildman–Crippen LogP) is -1.26. The summed E-state index contributed by atoms with van der Waals surface area (Å²) in [6.07, 6.45) is 0.758. The molecule has 4 unspecified atom stereocenters. The average molecular weight is 331 g/mol. The van der Waals surface area contributed by atoms with Crippen LogP contribution in [0.4, 0.5) is 0 Å². The first-order chi connectivity index (χ1) is 11.0. The third-order valence-electron chi connectivity index (χ3n) is 4.88. The van der Waals surface area contributed by atoms with Crippen LogP contribution in [-0.4, -0.2) is 111 Å². The highest BCUT2D eigenvalue weighted by Gasteiger charge is 2.45. The highest BCUT2D eigenvalue weighted by molar-refractivity contribution is 4.97. The van der Waals surface area contributed by atoms with E-state index in [0.29, 0.717) is 12.6 Å². The van der Waals surface area contributed by atoms with E-state index < -0.39 is 12.2 Å². The van der Waals surface area contributed by atoms with Gasteiger partial charge < -0.3 is 29.9 Å². The second-order valence-corrected chi connectivity index (χ2v) is 6.96. The second kappa shape index (κ2) is 9.27. The van der Waals surface area contributed by atoms with Gasteiger partial charge in [0.1, 0.15) is 12.2 Å². The molecule has 0 spiro atoms. The molecule has 3 N–H and O–H groups in total. The van der Waals surface area contributed by atoms with Crippen LogP contribution >= 0.6 is 0 Å². The van der Waals surface area contributed by atoms with Crippen molar-refractivity contribution in [1.29, 1.82) is 0 Å². The van der Waals surface area contributed by atoms with E-state index in [-0.39, 0.29) is 18.8 Å². The van der Waals surface area contributed by atoms with E-state index in [0.717, 1.165) is 39.1 Å². The van der Waals surface area contributed by atoms with Gasteiger partial charge in [-0.2, -0.15) is 0 Å². The molecule has 2 fully saturated rings. The topological polar surface area (TPSA) is 77.4 Å². The van der Waals surface area contributed by atoms with Crippen molar-refractivity contribution in [3.8, 4) is 0 Å². The summed E-state index contributed by atoms with van der Waals surface area (Å²) in [7, 11) is 6.09. The van der Waals surface area contributed by atoms with Crippen LogP contribution in [0.1, 0.15) is 12.8 Å². The van der Waals surface area contributed by atoms with Gasteiger partial charge >= 0.3 is 0 Å². The molecule has 23 heavy (non-hydrogen) atoms. The summed E-state index contributed by atoms with van der Waals surface area (Å²) in [5.74, 6) is 0. The number of ether oxygens (including phenoxy) is 2. The van der Waals surface area contributed by atoms with Crippen LogP contribution in [0.15, 0.2) is 0 Å². The molecule has 0 aromatic heterocycles. The van der Waals surface area contributed by atoms with Gasteiger partial charge in [0.2, 0.25) is 0 Å². The lowest BCUT2D eigenvalue weighted by Crippen LogP contribution is -2.51. The van der Waals surface area contributed by atoms with Gasteiger partial charge in [-0.3, -0.25) is 4.90 Å². The van der Waals surface area contributed by atoms with Crippen LogP contribution in [0.5, 0.6) is 0 Å². The molecule has 2 aliphatic heterocycles. The molecule has 0 aromatic carbocycles. The van der Waals surface area contributed by atoms with E-state index in [4.69, 9.17) is 9.47 Å². The van der Waals surface area contributed by atoms with Crippen molar-refractivity contribution in [2.24, 2.45) is 0 Å². The first kappa shape index (κ1) is 19.1. The van der Waals surface area contributed by atoms with Gasteiger partial charge in [0.25, 0.3) is 0 Å².